The summed E-state index contributed by atoms with van der Waals surface area (Å²) in [4.78, 5) is 39.6. The van der Waals surface area contributed by atoms with E-state index in [1.807, 2.05) is 20.8 Å². The zero-order valence-electron chi connectivity index (χ0n) is 24.7. The third-order valence-corrected chi connectivity index (χ3v) is 12.3. The summed E-state index contributed by atoms with van der Waals surface area (Å²) in [5.41, 5.74) is -5.71. The lowest BCUT2D eigenvalue weighted by atomic mass is 9.37. The molecule has 0 aromatic carbocycles. The van der Waals surface area contributed by atoms with Crippen LogP contribution in [0.5, 0.6) is 0 Å². The Hall–Kier alpha value is -1.57. The number of ether oxygens (including phenoxy) is 1. The molecule has 7 heteroatoms. The molecular weight excluding hydrogens is 484 g/mol. The molecular formula is C31H48O7. The van der Waals surface area contributed by atoms with E-state index in [2.05, 4.69) is 13.8 Å². The quantitative estimate of drug-likeness (QED) is 0.278. The van der Waals surface area contributed by atoms with E-state index in [4.69, 9.17) is 4.74 Å². The fourth-order valence-electron chi connectivity index (χ4n) is 10.6. The summed E-state index contributed by atoms with van der Waals surface area (Å²) in [5.74, 6) is -2.65. The van der Waals surface area contributed by atoms with Crippen molar-refractivity contribution in [1.82, 2.24) is 0 Å². The van der Waals surface area contributed by atoms with Crippen LogP contribution in [0.2, 0.25) is 0 Å². The highest BCUT2D eigenvalue weighted by atomic mass is 16.5. The lowest BCUT2D eigenvalue weighted by Crippen LogP contribution is -2.70. The molecule has 0 spiro atoms. The molecule has 4 aliphatic rings. The van der Waals surface area contributed by atoms with Crippen LogP contribution >= 0.6 is 0 Å². The highest BCUT2D eigenvalue weighted by Gasteiger charge is 2.82. The van der Waals surface area contributed by atoms with Gasteiger partial charge in [-0.1, -0.05) is 40.2 Å². The Morgan fingerprint density at radius 2 is 1.66 bits per heavy atom. The number of ketones is 2. The average molecular weight is 533 g/mol. The van der Waals surface area contributed by atoms with Crippen molar-refractivity contribution in [3.63, 3.8) is 0 Å². The number of carbonyl (C=O) groups is 3. The summed E-state index contributed by atoms with van der Waals surface area (Å²) >= 11 is 0. The first-order chi connectivity index (χ1) is 17.3. The summed E-state index contributed by atoms with van der Waals surface area (Å²) in [6.45, 7) is 15.2. The zero-order valence-corrected chi connectivity index (χ0v) is 24.7. The van der Waals surface area contributed by atoms with Gasteiger partial charge in [-0.3, -0.25) is 9.59 Å². The van der Waals surface area contributed by atoms with Gasteiger partial charge in [0.15, 0.2) is 11.6 Å². The predicted molar refractivity (Wildman–Crippen MR) is 143 cm³/mol. The van der Waals surface area contributed by atoms with Gasteiger partial charge in [0.1, 0.15) is 0 Å². The van der Waals surface area contributed by atoms with Crippen molar-refractivity contribution in [1.29, 1.82) is 0 Å². The number of aliphatic hydroxyl groups excluding tert-OH is 1. The minimum Gasteiger partial charge on any atom is -0.467 e. The molecule has 4 rings (SSSR count). The molecule has 0 aromatic heterocycles. The largest absolute Gasteiger partial charge is 0.467 e. The maximum absolute atomic E-state index is 13.8. The molecule has 10 unspecified atom stereocenters. The molecule has 10 atom stereocenters. The highest BCUT2D eigenvalue weighted by molar-refractivity contribution is 6.12. The summed E-state index contributed by atoms with van der Waals surface area (Å²) in [7, 11) is 1.19. The Kier molecular flexibility index (Phi) is 6.74. The first-order valence-corrected chi connectivity index (χ1v) is 14.2. The molecule has 214 valence electrons. The van der Waals surface area contributed by atoms with E-state index in [0.29, 0.717) is 12.8 Å². The molecule has 0 bridgehead atoms. The number of aliphatic hydroxyl groups is 3. The molecule has 4 fully saturated rings. The monoisotopic (exact) mass is 532 g/mol. The summed E-state index contributed by atoms with van der Waals surface area (Å²) in [6, 6.07) is 0. The van der Waals surface area contributed by atoms with Crippen molar-refractivity contribution in [3.8, 4) is 0 Å². The molecule has 0 amide bonds. The van der Waals surface area contributed by atoms with E-state index in [1.54, 1.807) is 26.8 Å². The third kappa shape index (κ3) is 3.46. The lowest BCUT2D eigenvalue weighted by molar-refractivity contribution is -0.255. The van der Waals surface area contributed by atoms with Gasteiger partial charge in [-0.25, -0.2) is 4.79 Å². The van der Waals surface area contributed by atoms with Gasteiger partial charge in [0.25, 0.3) is 0 Å². The van der Waals surface area contributed by atoms with E-state index in [-0.39, 0.29) is 35.4 Å². The first kappa shape index (κ1) is 29.4. The van der Waals surface area contributed by atoms with Crippen LogP contribution in [-0.4, -0.2) is 57.3 Å². The molecule has 4 aliphatic carbocycles. The molecule has 0 aliphatic heterocycles. The second-order valence-corrected chi connectivity index (χ2v) is 14.7. The van der Waals surface area contributed by atoms with Crippen molar-refractivity contribution in [2.45, 2.75) is 111 Å². The third-order valence-electron chi connectivity index (χ3n) is 12.3. The number of hydrogen-bond donors (Lipinski definition) is 3. The van der Waals surface area contributed by atoms with Crippen LogP contribution in [0.15, 0.2) is 11.6 Å². The summed E-state index contributed by atoms with van der Waals surface area (Å²) < 4.78 is 5.04. The number of allylic oxidation sites excluding steroid dienone is 2. The topological polar surface area (TPSA) is 121 Å². The van der Waals surface area contributed by atoms with Crippen molar-refractivity contribution in [3.05, 3.63) is 11.6 Å². The maximum atomic E-state index is 13.8. The van der Waals surface area contributed by atoms with Crippen LogP contribution in [0.25, 0.3) is 0 Å². The zero-order chi connectivity index (χ0) is 28.9. The molecule has 0 saturated heterocycles. The van der Waals surface area contributed by atoms with Crippen LogP contribution in [0, 0.1) is 45.3 Å². The van der Waals surface area contributed by atoms with E-state index in [9.17, 15) is 29.7 Å². The van der Waals surface area contributed by atoms with Crippen molar-refractivity contribution < 1.29 is 34.4 Å². The Bertz CT molecular complexity index is 1070. The Labute approximate surface area is 227 Å². The molecule has 4 saturated carbocycles. The molecule has 0 heterocycles. The van der Waals surface area contributed by atoms with E-state index in [0.717, 1.165) is 24.8 Å². The lowest BCUT2D eigenvalue weighted by Gasteiger charge is -2.68. The van der Waals surface area contributed by atoms with Gasteiger partial charge in [0.05, 0.1) is 18.8 Å². The number of esters is 1. The molecule has 7 nitrogen and oxygen atoms in total. The van der Waals surface area contributed by atoms with Crippen LogP contribution < -0.4 is 0 Å². The maximum Gasteiger partial charge on any atom is 0.346 e. The Balaban J connectivity index is 1.80. The first-order valence-electron chi connectivity index (χ1n) is 14.2. The fraction of sp³-hybridized carbons (Fsp3) is 0.839. The van der Waals surface area contributed by atoms with Gasteiger partial charge in [-0.2, -0.15) is 0 Å². The van der Waals surface area contributed by atoms with E-state index in [1.165, 1.54) is 7.11 Å². The number of carbonyl (C=O) groups excluding carboxylic acids is 3. The van der Waals surface area contributed by atoms with Crippen LogP contribution in [0.4, 0.5) is 0 Å². The normalized spacial score (nSPS) is 46.8. The fourth-order valence-corrected chi connectivity index (χ4v) is 10.6. The van der Waals surface area contributed by atoms with Crippen molar-refractivity contribution in [2.24, 2.45) is 45.3 Å². The second kappa shape index (κ2) is 8.71. The van der Waals surface area contributed by atoms with E-state index < -0.39 is 51.2 Å². The van der Waals surface area contributed by atoms with Gasteiger partial charge in [-0.15, -0.1) is 0 Å². The SMILES string of the molecule is COC(=O)C1(O)C(=O)C(C)(C)C2CCC3(C)C(C(O)CC4C(C(C)(O)CC(=O)C=C(C)C)CCC43C)C21C. The van der Waals surface area contributed by atoms with Gasteiger partial charge >= 0.3 is 5.97 Å². The standard InChI is InChI=1S/C31H48O7/c1-17(2)14-18(32)16-29(7,36)19-10-12-27(5)20(19)15-21(33)23-28(27,6)13-11-22-26(3,4)24(34)31(37,25(35)38-9)30(22,23)8/h14,19-23,33,36-37H,10-13,15-16H2,1-9H3. The molecule has 0 radical (unpaired) electrons. The number of rotatable bonds is 5. The Morgan fingerprint density at radius 3 is 2.21 bits per heavy atom. The van der Waals surface area contributed by atoms with E-state index >= 15 is 0 Å². The van der Waals surface area contributed by atoms with Gasteiger partial charge in [-0.05, 0) is 87.5 Å². The second-order valence-electron chi connectivity index (χ2n) is 14.7. The van der Waals surface area contributed by atoms with Crippen LogP contribution in [0.1, 0.15) is 93.9 Å². The number of Topliss-reactive ketones (excluding diaryl/α,β-unsaturated/α-hetero) is 1. The number of fused-ring (bicyclic) bond motifs is 5. The Morgan fingerprint density at radius 1 is 1.08 bits per heavy atom. The predicted octanol–water partition coefficient (Wildman–Crippen LogP) is 4.01. The summed E-state index contributed by atoms with van der Waals surface area (Å²) in [6.07, 6.45) is 3.97. The van der Waals surface area contributed by atoms with Gasteiger partial charge in [0, 0.05) is 23.2 Å². The van der Waals surface area contributed by atoms with Crippen molar-refractivity contribution in [2.75, 3.05) is 7.11 Å². The average Bonchev–Trinajstić information content (AvgIpc) is 3.19. The number of hydrogen-bond acceptors (Lipinski definition) is 7. The van der Waals surface area contributed by atoms with Crippen LogP contribution in [-0.2, 0) is 19.1 Å². The minimum absolute atomic E-state index is 0.0240. The van der Waals surface area contributed by atoms with Gasteiger partial charge in [0.2, 0.25) is 5.60 Å². The summed E-state index contributed by atoms with van der Waals surface area (Å²) in [5, 5.41) is 35.6. The van der Waals surface area contributed by atoms with Gasteiger partial charge < -0.3 is 20.1 Å². The molecule has 0 aromatic rings. The van der Waals surface area contributed by atoms with Crippen molar-refractivity contribution >= 4 is 17.5 Å². The number of methoxy groups -OCH3 is 1. The highest BCUT2D eigenvalue weighted by Crippen LogP contribution is 2.77. The smallest absolute Gasteiger partial charge is 0.346 e. The van der Waals surface area contributed by atoms with Crippen LogP contribution in [0.3, 0.4) is 0 Å². The minimum atomic E-state index is -2.35. The molecule has 38 heavy (non-hydrogen) atoms. The molecule has 3 N–H and O–H groups in total.